The second-order valence-corrected chi connectivity index (χ2v) is 6.95. The van der Waals surface area contributed by atoms with E-state index in [1.165, 1.54) is 18.4 Å². The summed E-state index contributed by atoms with van der Waals surface area (Å²) in [5.41, 5.74) is 1.41. The first-order valence-corrected chi connectivity index (χ1v) is 8.70. The number of nitrogens with zero attached hydrogens (tertiary/aromatic N) is 3. The van der Waals surface area contributed by atoms with Gasteiger partial charge in [-0.1, -0.05) is 43.2 Å². The van der Waals surface area contributed by atoms with Crippen molar-refractivity contribution in [1.29, 1.82) is 5.26 Å². The van der Waals surface area contributed by atoms with Crippen molar-refractivity contribution in [1.82, 2.24) is 9.80 Å². The third-order valence-corrected chi connectivity index (χ3v) is 5.42. The molecule has 0 spiro atoms. The summed E-state index contributed by atoms with van der Waals surface area (Å²) in [6, 6.07) is 13.4. The Labute approximate surface area is 134 Å². The Bertz CT molecular complexity index is 491. The molecule has 0 bridgehead atoms. The number of hydrogen-bond acceptors (Lipinski definition) is 3. The molecule has 0 N–H and O–H groups in total. The molecule has 22 heavy (non-hydrogen) atoms. The molecule has 1 heterocycles. The maximum atomic E-state index is 9.48. The predicted molar refractivity (Wildman–Crippen MR) is 89.3 cm³/mol. The maximum absolute atomic E-state index is 9.48. The van der Waals surface area contributed by atoms with Gasteiger partial charge in [0.2, 0.25) is 0 Å². The van der Waals surface area contributed by atoms with E-state index in [9.17, 15) is 5.26 Å². The van der Waals surface area contributed by atoms with Crippen LogP contribution >= 0.6 is 0 Å². The Balaban J connectivity index is 1.41. The predicted octanol–water partition coefficient (Wildman–Crippen LogP) is 3.28. The molecule has 0 radical (unpaired) electrons. The molecule has 0 unspecified atom stereocenters. The van der Waals surface area contributed by atoms with Crippen LogP contribution in [0.25, 0.3) is 0 Å². The average Bonchev–Trinajstić information content (AvgIpc) is 3.05. The van der Waals surface area contributed by atoms with Crippen molar-refractivity contribution >= 4 is 0 Å². The maximum Gasteiger partial charge on any atom is 0.0690 e. The molecule has 1 aromatic rings. The highest BCUT2D eigenvalue weighted by atomic mass is 15.3. The lowest BCUT2D eigenvalue weighted by Crippen LogP contribution is -2.46. The zero-order valence-corrected chi connectivity index (χ0v) is 13.5. The van der Waals surface area contributed by atoms with Crippen LogP contribution in [-0.2, 0) is 6.54 Å². The molecule has 0 atom stereocenters. The van der Waals surface area contributed by atoms with Crippen LogP contribution in [0.1, 0.15) is 37.7 Å². The number of nitriles is 1. The molecular formula is C19H27N3. The summed E-state index contributed by atoms with van der Waals surface area (Å²) in [7, 11) is 0. The third kappa shape index (κ3) is 3.88. The molecule has 3 rings (SSSR count). The second-order valence-electron chi connectivity index (χ2n) is 6.95. The van der Waals surface area contributed by atoms with Crippen LogP contribution < -0.4 is 0 Å². The van der Waals surface area contributed by atoms with Gasteiger partial charge in [-0.2, -0.15) is 5.26 Å². The lowest BCUT2D eigenvalue weighted by molar-refractivity contribution is 0.117. The first kappa shape index (κ1) is 15.5. The molecule has 1 saturated heterocycles. The molecule has 1 aliphatic heterocycles. The van der Waals surface area contributed by atoms with Crippen molar-refractivity contribution in [3.63, 3.8) is 0 Å². The first-order valence-electron chi connectivity index (χ1n) is 8.70. The van der Waals surface area contributed by atoms with Crippen LogP contribution in [-0.4, -0.2) is 42.5 Å². The minimum atomic E-state index is 0.00116. The van der Waals surface area contributed by atoms with Gasteiger partial charge in [0, 0.05) is 32.7 Å². The first-order chi connectivity index (χ1) is 10.8. The SMILES string of the molecule is N#CC1(CCN2CCN(Cc3ccccc3)CC2)CCCC1. The summed E-state index contributed by atoms with van der Waals surface area (Å²) in [6.45, 7) is 6.76. The standard InChI is InChI=1S/C19H27N3/c20-17-19(8-4-5-9-19)10-11-21-12-14-22(15-13-21)16-18-6-2-1-3-7-18/h1-3,6-7H,4-5,8-16H2. The Morgan fingerprint density at radius 2 is 1.59 bits per heavy atom. The van der Waals surface area contributed by atoms with Gasteiger partial charge in [0.15, 0.2) is 0 Å². The molecule has 2 aliphatic rings. The van der Waals surface area contributed by atoms with Crippen LogP contribution in [0.2, 0.25) is 0 Å². The summed E-state index contributed by atoms with van der Waals surface area (Å²) in [5, 5.41) is 9.48. The Hall–Kier alpha value is -1.37. The van der Waals surface area contributed by atoms with E-state index in [1.54, 1.807) is 0 Å². The third-order valence-electron chi connectivity index (χ3n) is 5.42. The van der Waals surface area contributed by atoms with Crippen molar-refractivity contribution in [3.05, 3.63) is 35.9 Å². The fourth-order valence-electron chi connectivity index (χ4n) is 3.85. The topological polar surface area (TPSA) is 30.3 Å². The Morgan fingerprint density at radius 3 is 2.23 bits per heavy atom. The normalized spacial score (nSPS) is 22.5. The summed E-state index contributed by atoms with van der Waals surface area (Å²) >= 11 is 0. The molecule has 1 saturated carbocycles. The zero-order valence-electron chi connectivity index (χ0n) is 13.5. The van der Waals surface area contributed by atoms with E-state index >= 15 is 0 Å². The molecule has 3 nitrogen and oxygen atoms in total. The second kappa shape index (κ2) is 7.26. The van der Waals surface area contributed by atoms with E-state index in [4.69, 9.17) is 0 Å². The minimum Gasteiger partial charge on any atom is -0.301 e. The highest BCUT2D eigenvalue weighted by molar-refractivity contribution is 5.14. The van der Waals surface area contributed by atoms with Crippen molar-refractivity contribution in [2.24, 2.45) is 5.41 Å². The molecule has 0 amide bonds. The monoisotopic (exact) mass is 297 g/mol. The number of hydrogen-bond donors (Lipinski definition) is 0. The zero-order chi connectivity index (χ0) is 15.3. The van der Waals surface area contributed by atoms with Crippen molar-refractivity contribution < 1.29 is 0 Å². The van der Waals surface area contributed by atoms with Crippen LogP contribution in [0, 0.1) is 16.7 Å². The van der Waals surface area contributed by atoms with Crippen molar-refractivity contribution in [3.8, 4) is 6.07 Å². The van der Waals surface area contributed by atoms with Gasteiger partial charge in [-0.3, -0.25) is 4.90 Å². The fraction of sp³-hybridized carbons (Fsp3) is 0.632. The lowest BCUT2D eigenvalue weighted by atomic mass is 9.84. The molecule has 1 aliphatic carbocycles. The molecular weight excluding hydrogens is 270 g/mol. The number of benzene rings is 1. The van der Waals surface area contributed by atoms with E-state index in [1.807, 2.05) is 0 Å². The summed E-state index contributed by atoms with van der Waals surface area (Å²) < 4.78 is 0. The fourth-order valence-corrected chi connectivity index (χ4v) is 3.85. The van der Waals surface area contributed by atoms with Crippen LogP contribution in [0.15, 0.2) is 30.3 Å². The molecule has 0 aromatic heterocycles. The minimum absolute atomic E-state index is 0.00116. The van der Waals surface area contributed by atoms with E-state index in [2.05, 4.69) is 46.2 Å². The lowest BCUT2D eigenvalue weighted by Gasteiger charge is -2.36. The van der Waals surface area contributed by atoms with Gasteiger partial charge in [-0.05, 0) is 31.4 Å². The molecule has 2 fully saturated rings. The summed E-state index contributed by atoms with van der Waals surface area (Å²) in [6.07, 6.45) is 5.81. The van der Waals surface area contributed by atoms with Gasteiger partial charge in [-0.25, -0.2) is 0 Å². The number of rotatable bonds is 5. The Kier molecular flexibility index (Phi) is 5.12. The smallest absolute Gasteiger partial charge is 0.0690 e. The highest BCUT2D eigenvalue weighted by Gasteiger charge is 2.34. The van der Waals surface area contributed by atoms with Crippen molar-refractivity contribution in [2.45, 2.75) is 38.6 Å². The van der Waals surface area contributed by atoms with Gasteiger partial charge < -0.3 is 4.90 Å². The number of piperazine rings is 1. The largest absolute Gasteiger partial charge is 0.301 e. The summed E-state index contributed by atoms with van der Waals surface area (Å²) in [4.78, 5) is 5.10. The van der Waals surface area contributed by atoms with E-state index in [0.717, 1.165) is 58.5 Å². The Morgan fingerprint density at radius 1 is 0.955 bits per heavy atom. The quantitative estimate of drug-likeness (QED) is 0.835. The molecule has 1 aromatic carbocycles. The van der Waals surface area contributed by atoms with Crippen LogP contribution in [0.5, 0.6) is 0 Å². The molecule has 118 valence electrons. The van der Waals surface area contributed by atoms with E-state index in [-0.39, 0.29) is 5.41 Å². The van der Waals surface area contributed by atoms with E-state index < -0.39 is 0 Å². The van der Waals surface area contributed by atoms with Crippen molar-refractivity contribution in [2.75, 3.05) is 32.7 Å². The van der Waals surface area contributed by atoms with Crippen LogP contribution in [0.4, 0.5) is 0 Å². The average molecular weight is 297 g/mol. The van der Waals surface area contributed by atoms with Gasteiger partial charge in [0.05, 0.1) is 11.5 Å². The van der Waals surface area contributed by atoms with Crippen LogP contribution in [0.3, 0.4) is 0 Å². The summed E-state index contributed by atoms with van der Waals surface area (Å²) in [5.74, 6) is 0. The van der Waals surface area contributed by atoms with Gasteiger partial charge >= 0.3 is 0 Å². The molecule has 3 heteroatoms. The van der Waals surface area contributed by atoms with Gasteiger partial charge in [0.1, 0.15) is 0 Å². The highest BCUT2D eigenvalue weighted by Crippen LogP contribution is 2.40. The van der Waals surface area contributed by atoms with Gasteiger partial charge in [0.25, 0.3) is 0 Å². The van der Waals surface area contributed by atoms with E-state index in [0.29, 0.717) is 0 Å². The van der Waals surface area contributed by atoms with Gasteiger partial charge in [-0.15, -0.1) is 0 Å².